The highest BCUT2D eigenvalue weighted by molar-refractivity contribution is 5.90. The van der Waals surface area contributed by atoms with Crippen LogP contribution in [0.2, 0.25) is 0 Å². The monoisotopic (exact) mass is 489 g/mol. The first kappa shape index (κ1) is 25.4. The number of ether oxygens (including phenoxy) is 2. The minimum absolute atomic E-state index is 0.342. The second-order valence-corrected chi connectivity index (χ2v) is 7.26. The largest absolute Gasteiger partial charge is 0.490 e. The highest BCUT2D eigenvalue weighted by Crippen LogP contribution is 2.33. The van der Waals surface area contributed by atoms with Gasteiger partial charge in [-0.25, -0.2) is 19.7 Å². The number of fused-ring (bicyclic) bond motifs is 1. The van der Waals surface area contributed by atoms with Gasteiger partial charge < -0.3 is 24.9 Å². The molecule has 3 aromatic heterocycles. The topological polar surface area (TPSA) is 125 Å². The molecule has 9 nitrogen and oxygen atoms in total. The highest BCUT2D eigenvalue weighted by Gasteiger charge is 2.38. The standard InChI is InChI=1S/C21H21N5O2.C2HF3O2/c1-14-11-26(12-15-6-7-19(27-2)23-10-15)17-4-3-5-18(21(14)17)28-20-8-16(9-22)24-13-25-20;3-2(4,5)1(6)7/h3-8,10-11,13H,9,12,22H2,1-2H3;(H,6,7). The Kier molecular flexibility index (Phi) is 7.87. The number of aliphatic carboxylic acids is 1. The van der Waals surface area contributed by atoms with E-state index >= 15 is 0 Å². The van der Waals surface area contributed by atoms with Crippen molar-refractivity contribution in [1.82, 2.24) is 19.5 Å². The van der Waals surface area contributed by atoms with Crippen LogP contribution in [0, 0.1) is 6.92 Å². The average molecular weight is 489 g/mol. The molecule has 0 aliphatic carbocycles. The number of carbonyl (C=O) groups is 1. The van der Waals surface area contributed by atoms with Gasteiger partial charge in [-0.3, -0.25) is 0 Å². The second kappa shape index (κ2) is 10.8. The quantitative estimate of drug-likeness (QED) is 0.415. The van der Waals surface area contributed by atoms with Crippen LogP contribution in [-0.4, -0.2) is 43.9 Å². The van der Waals surface area contributed by atoms with E-state index in [2.05, 4.69) is 38.7 Å². The van der Waals surface area contributed by atoms with E-state index in [-0.39, 0.29) is 0 Å². The molecule has 12 heteroatoms. The number of hydrogen-bond acceptors (Lipinski definition) is 7. The number of aryl methyl sites for hydroxylation is 1. The van der Waals surface area contributed by atoms with Gasteiger partial charge in [-0.2, -0.15) is 13.2 Å². The number of benzene rings is 1. The van der Waals surface area contributed by atoms with Gasteiger partial charge in [-0.05, 0) is 30.2 Å². The molecule has 4 rings (SSSR count). The van der Waals surface area contributed by atoms with Gasteiger partial charge in [0.2, 0.25) is 11.8 Å². The van der Waals surface area contributed by atoms with Crippen LogP contribution in [0.15, 0.2) is 55.1 Å². The van der Waals surface area contributed by atoms with Gasteiger partial charge in [0.1, 0.15) is 12.1 Å². The fourth-order valence-corrected chi connectivity index (χ4v) is 3.22. The molecule has 0 saturated carbocycles. The number of aromatic nitrogens is 4. The Morgan fingerprint density at radius 2 is 1.89 bits per heavy atom. The third-order valence-corrected chi connectivity index (χ3v) is 4.78. The summed E-state index contributed by atoms with van der Waals surface area (Å²) in [6.07, 6.45) is 0.328. The number of carboxylic acid groups (broad SMARTS) is 1. The number of alkyl halides is 3. The van der Waals surface area contributed by atoms with Crippen LogP contribution >= 0.6 is 0 Å². The van der Waals surface area contributed by atoms with Gasteiger partial charge in [-0.1, -0.05) is 12.1 Å². The summed E-state index contributed by atoms with van der Waals surface area (Å²) >= 11 is 0. The first-order valence-electron chi connectivity index (χ1n) is 10.2. The van der Waals surface area contributed by atoms with Crippen molar-refractivity contribution in [2.75, 3.05) is 7.11 Å². The molecule has 0 saturated heterocycles. The van der Waals surface area contributed by atoms with Crippen molar-refractivity contribution in [2.24, 2.45) is 5.73 Å². The van der Waals surface area contributed by atoms with Crippen molar-refractivity contribution < 1.29 is 32.5 Å². The number of nitrogens with two attached hydrogens (primary N) is 1. The molecule has 0 fully saturated rings. The van der Waals surface area contributed by atoms with Gasteiger partial charge in [0.05, 0.1) is 18.3 Å². The van der Waals surface area contributed by atoms with E-state index in [1.54, 1.807) is 13.2 Å². The maximum atomic E-state index is 10.6. The van der Waals surface area contributed by atoms with Gasteiger partial charge in [0.15, 0.2) is 0 Å². The number of pyridine rings is 1. The van der Waals surface area contributed by atoms with Crippen LogP contribution < -0.4 is 15.2 Å². The SMILES string of the molecule is COc1ccc(Cn2cc(C)c3c(Oc4cc(CN)ncn4)cccc32)cn1.O=C(O)C(F)(F)F. The molecule has 0 aliphatic rings. The van der Waals surface area contributed by atoms with Crippen molar-refractivity contribution in [1.29, 1.82) is 0 Å². The van der Waals surface area contributed by atoms with Gasteiger partial charge >= 0.3 is 12.1 Å². The smallest absolute Gasteiger partial charge is 0.481 e. The van der Waals surface area contributed by atoms with Crippen LogP contribution in [0.3, 0.4) is 0 Å². The Bertz CT molecular complexity index is 1310. The number of methoxy groups -OCH3 is 1. The summed E-state index contributed by atoms with van der Waals surface area (Å²) < 4.78 is 45.1. The number of nitrogens with zero attached hydrogens (tertiary/aromatic N) is 4. The number of rotatable bonds is 6. The summed E-state index contributed by atoms with van der Waals surface area (Å²) in [5, 5.41) is 8.18. The Morgan fingerprint density at radius 3 is 2.49 bits per heavy atom. The third kappa shape index (κ3) is 6.44. The molecule has 0 amide bonds. The molecule has 0 unspecified atom stereocenters. The first-order chi connectivity index (χ1) is 16.6. The molecule has 4 aromatic rings. The molecular formula is C23H22F3N5O4. The molecule has 3 heterocycles. The van der Waals surface area contributed by atoms with Crippen LogP contribution in [0.4, 0.5) is 13.2 Å². The van der Waals surface area contributed by atoms with Crippen molar-refractivity contribution in [2.45, 2.75) is 26.2 Å². The molecule has 0 aliphatic heterocycles. The molecule has 3 N–H and O–H groups in total. The Morgan fingerprint density at radius 1 is 1.14 bits per heavy atom. The lowest BCUT2D eigenvalue weighted by atomic mass is 10.2. The second-order valence-electron chi connectivity index (χ2n) is 7.26. The summed E-state index contributed by atoms with van der Waals surface area (Å²) in [6.45, 7) is 3.12. The lowest BCUT2D eigenvalue weighted by Gasteiger charge is -2.09. The molecule has 35 heavy (non-hydrogen) atoms. The molecule has 0 radical (unpaired) electrons. The van der Waals surface area contributed by atoms with Crippen molar-refractivity contribution in [3.8, 4) is 17.5 Å². The number of hydrogen-bond donors (Lipinski definition) is 2. The van der Waals surface area contributed by atoms with Crippen LogP contribution in [0.1, 0.15) is 16.8 Å². The normalized spacial score (nSPS) is 11.0. The summed E-state index contributed by atoms with van der Waals surface area (Å²) in [5.74, 6) is -0.917. The molecule has 184 valence electrons. The van der Waals surface area contributed by atoms with E-state index < -0.39 is 12.1 Å². The summed E-state index contributed by atoms with van der Waals surface area (Å²) in [7, 11) is 1.61. The van der Waals surface area contributed by atoms with E-state index in [0.717, 1.165) is 33.5 Å². The van der Waals surface area contributed by atoms with Crippen molar-refractivity contribution >= 4 is 16.9 Å². The number of halogens is 3. The molecular weight excluding hydrogens is 467 g/mol. The lowest BCUT2D eigenvalue weighted by molar-refractivity contribution is -0.192. The van der Waals surface area contributed by atoms with Crippen molar-refractivity contribution in [3.63, 3.8) is 0 Å². The zero-order valence-corrected chi connectivity index (χ0v) is 18.8. The average Bonchev–Trinajstić information content (AvgIpc) is 3.15. The lowest BCUT2D eigenvalue weighted by Crippen LogP contribution is -2.21. The van der Waals surface area contributed by atoms with Crippen LogP contribution in [0.5, 0.6) is 17.5 Å². The maximum Gasteiger partial charge on any atom is 0.490 e. The zero-order valence-electron chi connectivity index (χ0n) is 18.8. The predicted molar refractivity (Wildman–Crippen MR) is 120 cm³/mol. The minimum atomic E-state index is -5.08. The van der Waals surface area contributed by atoms with Gasteiger partial charge in [0, 0.05) is 43.0 Å². The van der Waals surface area contributed by atoms with Gasteiger partial charge in [0.25, 0.3) is 0 Å². The van der Waals surface area contributed by atoms with Crippen LogP contribution in [-0.2, 0) is 17.9 Å². The molecule has 1 aromatic carbocycles. The van der Waals surface area contributed by atoms with E-state index in [4.69, 9.17) is 25.1 Å². The summed E-state index contributed by atoms with van der Waals surface area (Å²) in [4.78, 5) is 21.5. The fraction of sp³-hybridized carbons (Fsp3) is 0.217. The maximum absolute atomic E-state index is 10.6. The highest BCUT2D eigenvalue weighted by atomic mass is 19.4. The van der Waals surface area contributed by atoms with E-state index in [1.807, 2.05) is 30.5 Å². The predicted octanol–water partition coefficient (Wildman–Crippen LogP) is 4.08. The van der Waals surface area contributed by atoms with Gasteiger partial charge in [-0.15, -0.1) is 0 Å². The Balaban J connectivity index is 0.000000429. The van der Waals surface area contributed by atoms with E-state index in [1.165, 1.54) is 6.33 Å². The third-order valence-electron chi connectivity index (χ3n) is 4.78. The zero-order chi connectivity index (χ0) is 25.6. The minimum Gasteiger partial charge on any atom is -0.481 e. The Labute approximate surface area is 198 Å². The number of carboxylic acids is 1. The Hall–Kier alpha value is -4.19. The summed E-state index contributed by atoms with van der Waals surface area (Å²) in [5.41, 5.74) is 9.69. The first-order valence-corrected chi connectivity index (χ1v) is 10.2. The summed E-state index contributed by atoms with van der Waals surface area (Å²) in [6, 6.07) is 11.6. The molecule has 0 bridgehead atoms. The van der Waals surface area contributed by atoms with E-state index in [0.29, 0.717) is 24.8 Å². The van der Waals surface area contributed by atoms with E-state index in [9.17, 15) is 13.2 Å². The fourth-order valence-electron chi connectivity index (χ4n) is 3.22. The molecule has 0 spiro atoms. The van der Waals surface area contributed by atoms with Crippen LogP contribution in [0.25, 0.3) is 10.9 Å². The van der Waals surface area contributed by atoms with Crippen molar-refractivity contribution in [3.05, 3.63) is 71.9 Å². The molecule has 0 atom stereocenters.